The van der Waals surface area contributed by atoms with Crippen LogP contribution in [0.5, 0.6) is 0 Å². The maximum atomic E-state index is 13.2. The van der Waals surface area contributed by atoms with E-state index >= 15 is 0 Å². The van der Waals surface area contributed by atoms with Crippen LogP contribution in [-0.4, -0.2) is 140 Å². The third kappa shape index (κ3) is 33.5. The molecule has 0 aromatic heterocycles. The minimum Gasteiger partial charge on any atom is -0.394 e. The van der Waals surface area contributed by atoms with Crippen LogP contribution in [0, 0.1) is 0 Å². The Bertz CT molecular complexity index is 1330. The summed E-state index contributed by atoms with van der Waals surface area (Å²) in [6.07, 6.45) is 40.3. The summed E-state index contributed by atoms with van der Waals surface area (Å²) in [6.45, 7) is 2.79. The standard InChI is InChI=1S/C62H119NO13/c1-3-5-7-9-11-13-14-15-16-17-18-19-20-21-22-23-24-25-26-27-28-29-30-31-32-33-34-35-36-38-40-42-44-46-54(67)63-50(51(66)45-43-41-39-37-12-10-8-6-4-2)49-73-61-59(72)57(70)60(53(48-65)75-61)76-62-58(71)56(69)55(68)52(47-64)74-62/h43,45,50-53,55-62,64-66,68-72H,3-42,44,46-49H2,1-2H3,(H,63,67)/b45-43+/t50-,51+,52+,53+,55-,56?,57?,58?,59?,60+,61+,62-/m0/s1. The van der Waals surface area contributed by atoms with Crippen molar-refractivity contribution in [1.29, 1.82) is 0 Å². The lowest BCUT2D eigenvalue weighted by molar-refractivity contribution is -0.359. The minimum atomic E-state index is -1.78. The first-order chi connectivity index (χ1) is 37.1. The van der Waals surface area contributed by atoms with Gasteiger partial charge in [-0.3, -0.25) is 4.79 Å². The van der Waals surface area contributed by atoms with Crippen molar-refractivity contribution < 1.29 is 64.6 Å². The van der Waals surface area contributed by atoms with E-state index in [0.717, 1.165) is 38.5 Å². The van der Waals surface area contributed by atoms with Crippen molar-refractivity contribution in [2.45, 2.75) is 357 Å². The van der Waals surface area contributed by atoms with Crippen LogP contribution in [-0.2, 0) is 23.7 Å². The van der Waals surface area contributed by atoms with Crippen LogP contribution < -0.4 is 5.32 Å². The number of carbonyl (C=O) groups is 1. The first-order valence-corrected chi connectivity index (χ1v) is 31.9. The average Bonchev–Trinajstić information content (AvgIpc) is 3.42. The highest BCUT2D eigenvalue weighted by Crippen LogP contribution is 2.30. The monoisotopic (exact) mass is 1090 g/mol. The number of aliphatic hydroxyl groups is 8. The van der Waals surface area contributed by atoms with Gasteiger partial charge in [0, 0.05) is 6.42 Å². The summed E-state index contributed by atoms with van der Waals surface area (Å²) in [6, 6.07) is -0.908. The predicted octanol–water partition coefficient (Wildman–Crippen LogP) is 11.5. The summed E-state index contributed by atoms with van der Waals surface area (Å²) in [7, 11) is 0. The van der Waals surface area contributed by atoms with Crippen LogP contribution in [0.4, 0.5) is 0 Å². The van der Waals surface area contributed by atoms with Gasteiger partial charge in [-0.05, 0) is 19.3 Å². The van der Waals surface area contributed by atoms with Crippen LogP contribution in [0.25, 0.3) is 0 Å². The Balaban J connectivity index is 1.57. The van der Waals surface area contributed by atoms with Gasteiger partial charge in [-0.25, -0.2) is 0 Å². The Morgan fingerprint density at radius 1 is 0.461 bits per heavy atom. The van der Waals surface area contributed by atoms with E-state index in [1.54, 1.807) is 6.08 Å². The lowest BCUT2D eigenvalue weighted by Gasteiger charge is -2.46. The Hall–Kier alpha value is -1.27. The van der Waals surface area contributed by atoms with Gasteiger partial charge in [-0.15, -0.1) is 0 Å². The molecular weight excluding hydrogens is 967 g/mol. The minimum absolute atomic E-state index is 0.236. The number of rotatable bonds is 52. The lowest BCUT2D eigenvalue weighted by Crippen LogP contribution is -2.65. The summed E-state index contributed by atoms with van der Waals surface area (Å²) in [4.78, 5) is 13.2. The van der Waals surface area contributed by atoms with Crippen molar-refractivity contribution in [2.75, 3.05) is 19.8 Å². The van der Waals surface area contributed by atoms with E-state index in [2.05, 4.69) is 19.2 Å². The summed E-state index contributed by atoms with van der Waals surface area (Å²) in [5, 5.41) is 86.8. The zero-order valence-corrected chi connectivity index (χ0v) is 48.5. The molecule has 0 bridgehead atoms. The number of aliphatic hydroxyl groups excluding tert-OH is 8. The molecule has 4 unspecified atom stereocenters. The maximum Gasteiger partial charge on any atom is 0.220 e. The second-order valence-electron chi connectivity index (χ2n) is 22.9. The largest absolute Gasteiger partial charge is 0.394 e. The molecule has 76 heavy (non-hydrogen) atoms. The quantitative estimate of drug-likeness (QED) is 0.0204. The number of hydrogen-bond acceptors (Lipinski definition) is 13. The van der Waals surface area contributed by atoms with Crippen molar-refractivity contribution >= 4 is 5.91 Å². The second-order valence-corrected chi connectivity index (χ2v) is 22.9. The predicted molar refractivity (Wildman–Crippen MR) is 305 cm³/mol. The van der Waals surface area contributed by atoms with Gasteiger partial charge in [0.05, 0.1) is 32.0 Å². The molecule has 0 aromatic carbocycles. The smallest absolute Gasteiger partial charge is 0.220 e. The van der Waals surface area contributed by atoms with E-state index in [0.29, 0.717) is 6.42 Å². The molecule has 14 nitrogen and oxygen atoms in total. The molecule has 0 aromatic rings. The van der Waals surface area contributed by atoms with Crippen molar-refractivity contribution in [3.05, 3.63) is 12.2 Å². The normalized spacial score (nSPS) is 24.9. The number of allylic oxidation sites excluding steroid dienone is 1. The summed E-state index contributed by atoms with van der Waals surface area (Å²) in [5.74, 6) is -0.236. The Labute approximate surface area is 463 Å². The average molecular weight is 1090 g/mol. The molecule has 14 heteroatoms. The van der Waals surface area contributed by atoms with Gasteiger partial charge in [0.15, 0.2) is 12.6 Å². The van der Waals surface area contributed by atoms with Crippen molar-refractivity contribution in [2.24, 2.45) is 0 Å². The molecule has 2 rings (SSSR count). The molecule has 2 saturated heterocycles. The fourth-order valence-corrected chi connectivity index (χ4v) is 10.8. The molecule has 1 amide bonds. The fraction of sp³-hybridized carbons (Fsp3) is 0.952. The van der Waals surface area contributed by atoms with E-state index in [4.69, 9.17) is 18.9 Å². The molecule has 2 heterocycles. The zero-order valence-electron chi connectivity index (χ0n) is 48.5. The Morgan fingerprint density at radius 3 is 1.21 bits per heavy atom. The van der Waals surface area contributed by atoms with E-state index in [1.165, 1.54) is 218 Å². The molecule has 0 aliphatic carbocycles. The van der Waals surface area contributed by atoms with Gasteiger partial charge in [0.1, 0.15) is 48.8 Å². The van der Waals surface area contributed by atoms with Gasteiger partial charge >= 0.3 is 0 Å². The van der Waals surface area contributed by atoms with Gasteiger partial charge in [-0.1, -0.05) is 270 Å². The van der Waals surface area contributed by atoms with E-state index in [-0.39, 0.29) is 18.9 Å². The second kappa shape index (κ2) is 48.4. The molecule has 450 valence electrons. The number of unbranched alkanes of at least 4 members (excludes halogenated alkanes) is 39. The van der Waals surface area contributed by atoms with Gasteiger partial charge in [0.25, 0.3) is 0 Å². The van der Waals surface area contributed by atoms with Crippen LogP contribution >= 0.6 is 0 Å². The first kappa shape index (κ1) is 70.8. The fourth-order valence-electron chi connectivity index (χ4n) is 10.8. The highest BCUT2D eigenvalue weighted by molar-refractivity contribution is 5.76. The number of nitrogens with one attached hydrogen (secondary N) is 1. The van der Waals surface area contributed by atoms with Crippen molar-refractivity contribution in [1.82, 2.24) is 5.32 Å². The summed E-state index contributed by atoms with van der Waals surface area (Å²) >= 11 is 0. The number of ether oxygens (including phenoxy) is 4. The molecule has 0 radical (unpaired) electrons. The van der Waals surface area contributed by atoms with E-state index < -0.39 is 86.8 Å². The Kier molecular flexibility index (Phi) is 45.1. The van der Waals surface area contributed by atoms with Crippen molar-refractivity contribution in [3.63, 3.8) is 0 Å². The number of hydrogen-bond donors (Lipinski definition) is 9. The lowest BCUT2D eigenvalue weighted by atomic mass is 9.97. The molecule has 2 aliphatic rings. The molecular formula is C62H119NO13. The molecule has 2 aliphatic heterocycles. The van der Waals surface area contributed by atoms with Crippen LogP contribution in [0.3, 0.4) is 0 Å². The third-order valence-corrected chi connectivity index (χ3v) is 16.0. The molecule has 2 fully saturated rings. The molecule has 12 atom stereocenters. The Morgan fingerprint density at radius 2 is 0.816 bits per heavy atom. The highest BCUT2D eigenvalue weighted by Gasteiger charge is 2.51. The first-order valence-electron chi connectivity index (χ1n) is 31.9. The van der Waals surface area contributed by atoms with E-state index in [9.17, 15) is 45.6 Å². The number of amides is 1. The van der Waals surface area contributed by atoms with Gasteiger partial charge in [0.2, 0.25) is 5.91 Å². The molecule has 0 spiro atoms. The van der Waals surface area contributed by atoms with Gasteiger partial charge in [-0.2, -0.15) is 0 Å². The van der Waals surface area contributed by atoms with Crippen LogP contribution in [0.2, 0.25) is 0 Å². The summed E-state index contributed by atoms with van der Waals surface area (Å²) < 4.78 is 22.7. The van der Waals surface area contributed by atoms with Crippen LogP contribution in [0.15, 0.2) is 12.2 Å². The zero-order chi connectivity index (χ0) is 55.3. The van der Waals surface area contributed by atoms with E-state index in [1.807, 2.05) is 6.08 Å². The van der Waals surface area contributed by atoms with Gasteiger partial charge < -0.3 is 65.1 Å². The van der Waals surface area contributed by atoms with Crippen LogP contribution in [0.1, 0.15) is 284 Å². The highest BCUT2D eigenvalue weighted by atomic mass is 16.7. The summed E-state index contributed by atoms with van der Waals surface area (Å²) in [5.41, 5.74) is 0. The molecule has 9 N–H and O–H groups in total. The third-order valence-electron chi connectivity index (χ3n) is 16.0. The topological polar surface area (TPSA) is 228 Å². The van der Waals surface area contributed by atoms with Crippen molar-refractivity contribution in [3.8, 4) is 0 Å². The number of carbonyl (C=O) groups excluding carboxylic acids is 1. The molecule has 0 saturated carbocycles. The maximum absolute atomic E-state index is 13.2. The SMILES string of the molecule is CCCCCCCCC/C=C/[C@@H](O)[C@H](CO[C@@H]1O[C@H](CO)[C@@H](O[C@@H]2O[C@H](CO)[C@H](O)C(O)C2O)C(O)C1O)NC(=O)CCCCCCCCCCCCCCCCCCCCCCCCCCCCCCCCCCC.